The van der Waals surface area contributed by atoms with Crippen molar-refractivity contribution in [2.45, 2.75) is 24.9 Å². The minimum atomic E-state index is -0.823. The monoisotopic (exact) mass is 338 g/mol. The van der Waals surface area contributed by atoms with E-state index in [9.17, 15) is 4.39 Å². The molecule has 4 aliphatic rings. The average molecular weight is 338 g/mol. The van der Waals surface area contributed by atoms with Gasteiger partial charge in [-0.15, -0.1) is 0 Å². The zero-order chi connectivity index (χ0) is 17.3. The number of alkyl halides is 1. The second-order valence-electron chi connectivity index (χ2n) is 7.71. The van der Waals surface area contributed by atoms with E-state index in [0.717, 1.165) is 12.0 Å². The van der Waals surface area contributed by atoms with E-state index < -0.39 is 6.17 Å². The highest BCUT2D eigenvalue weighted by molar-refractivity contribution is 5.76. The lowest BCUT2D eigenvalue weighted by Gasteiger charge is -2.38. The van der Waals surface area contributed by atoms with Crippen LogP contribution in [0.25, 0.3) is 18.2 Å². The highest BCUT2D eigenvalue weighted by Crippen LogP contribution is 2.54. The van der Waals surface area contributed by atoms with Crippen LogP contribution in [-0.2, 0) is 0 Å². The van der Waals surface area contributed by atoms with Gasteiger partial charge in [0.2, 0.25) is 0 Å². The summed E-state index contributed by atoms with van der Waals surface area (Å²) < 4.78 is 14.9. The minimum Gasteiger partial charge on any atom is -0.242 e. The van der Waals surface area contributed by atoms with Crippen LogP contribution in [-0.4, -0.2) is 6.17 Å². The summed E-state index contributed by atoms with van der Waals surface area (Å²) in [6.45, 7) is 0. The van der Waals surface area contributed by atoms with Gasteiger partial charge in [0.15, 0.2) is 0 Å². The maximum absolute atomic E-state index is 14.9. The number of fused-ring (bicyclic) bond motifs is 7. The molecule has 0 heterocycles. The molecule has 1 fully saturated rings. The molecule has 4 aliphatic carbocycles. The van der Waals surface area contributed by atoms with Crippen LogP contribution in [0.5, 0.6) is 0 Å². The van der Waals surface area contributed by atoms with Crippen molar-refractivity contribution in [3.63, 3.8) is 0 Å². The molecule has 126 valence electrons. The Kier molecular flexibility index (Phi) is 2.88. The summed E-state index contributed by atoms with van der Waals surface area (Å²) in [5.41, 5.74) is 7.48. The average Bonchev–Trinajstić information content (AvgIpc) is 3.08. The van der Waals surface area contributed by atoms with Crippen molar-refractivity contribution in [3.8, 4) is 0 Å². The Morgan fingerprint density at radius 1 is 0.846 bits per heavy atom. The van der Waals surface area contributed by atoms with Crippen molar-refractivity contribution < 1.29 is 4.39 Å². The molecular weight excluding hydrogens is 319 g/mol. The number of hydrogen-bond donors (Lipinski definition) is 0. The van der Waals surface area contributed by atoms with Crippen LogP contribution in [0.4, 0.5) is 4.39 Å². The second kappa shape index (κ2) is 5.17. The third-order valence-corrected chi connectivity index (χ3v) is 6.44. The summed E-state index contributed by atoms with van der Waals surface area (Å²) in [7, 11) is 0. The standard InChI is InChI=1S/C25H19F/c26-23-12-11-20-19-10-9-15-5-3-4-8-18(15)24(19)21-13-16-6-1-2-7-17(16)14-22(21)25(20)23/h1-10,13-14,21,23-24H,11-12H2. The minimum absolute atomic E-state index is 0.223. The summed E-state index contributed by atoms with van der Waals surface area (Å²) in [6.07, 6.45) is 9.76. The van der Waals surface area contributed by atoms with Gasteiger partial charge < -0.3 is 0 Å². The number of halogens is 1. The van der Waals surface area contributed by atoms with E-state index in [1.54, 1.807) is 0 Å². The van der Waals surface area contributed by atoms with E-state index in [-0.39, 0.29) is 5.92 Å². The summed E-state index contributed by atoms with van der Waals surface area (Å²) in [5.74, 6) is 0.529. The Morgan fingerprint density at radius 3 is 2.58 bits per heavy atom. The predicted molar refractivity (Wildman–Crippen MR) is 105 cm³/mol. The molecule has 26 heavy (non-hydrogen) atoms. The Balaban J connectivity index is 1.71. The molecule has 3 unspecified atom stereocenters. The highest BCUT2D eigenvalue weighted by atomic mass is 19.1. The summed E-state index contributed by atoms with van der Waals surface area (Å²) in [4.78, 5) is 0. The highest BCUT2D eigenvalue weighted by Gasteiger charge is 2.42. The molecule has 0 aliphatic heterocycles. The van der Waals surface area contributed by atoms with Gasteiger partial charge >= 0.3 is 0 Å². The van der Waals surface area contributed by atoms with Crippen LogP contribution in [0, 0.1) is 5.92 Å². The van der Waals surface area contributed by atoms with Gasteiger partial charge in [-0.05, 0) is 56.7 Å². The zero-order valence-electron chi connectivity index (χ0n) is 14.5. The molecule has 0 amide bonds. The van der Waals surface area contributed by atoms with Gasteiger partial charge in [0, 0.05) is 11.8 Å². The maximum Gasteiger partial charge on any atom is 0.126 e. The third kappa shape index (κ3) is 1.83. The first-order valence-electron chi connectivity index (χ1n) is 9.48. The van der Waals surface area contributed by atoms with Gasteiger partial charge in [-0.3, -0.25) is 0 Å². The van der Waals surface area contributed by atoms with Crippen LogP contribution in [0.15, 0.2) is 76.9 Å². The van der Waals surface area contributed by atoms with Crippen molar-refractivity contribution >= 4 is 18.2 Å². The topological polar surface area (TPSA) is 0 Å². The molecule has 0 nitrogen and oxygen atoms in total. The van der Waals surface area contributed by atoms with E-state index in [1.165, 1.54) is 38.3 Å². The number of allylic oxidation sites excluding steroid dienone is 5. The van der Waals surface area contributed by atoms with Crippen LogP contribution < -0.4 is 10.4 Å². The zero-order valence-corrected chi connectivity index (χ0v) is 14.5. The Morgan fingerprint density at radius 2 is 1.65 bits per heavy atom. The summed E-state index contributed by atoms with van der Waals surface area (Å²) >= 11 is 0. The Bertz CT molecular complexity index is 1160. The molecule has 2 aromatic rings. The summed E-state index contributed by atoms with van der Waals surface area (Å²) in [5, 5.41) is 2.48. The third-order valence-electron chi connectivity index (χ3n) is 6.44. The molecule has 3 atom stereocenters. The fraction of sp³-hybridized carbons (Fsp3) is 0.200. The van der Waals surface area contributed by atoms with E-state index >= 15 is 0 Å². The molecule has 0 radical (unpaired) electrons. The number of benzene rings is 2. The second-order valence-corrected chi connectivity index (χ2v) is 7.71. The van der Waals surface area contributed by atoms with Crippen molar-refractivity contribution in [3.05, 3.63) is 98.5 Å². The molecule has 6 rings (SSSR count). The molecule has 2 aromatic carbocycles. The molecule has 1 saturated carbocycles. The lowest BCUT2D eigenvalue weighted by Crippen LogP contribution is -2.34. The Labute approximate surface area is 152 Å². The van der Waals surface area contributed by atoms with Gasteiger partial charge in [-0.1, -0.05) is 72.8 Å². The molecule has 0 spiro atoms. The fourth-order valence-corrected chi connectivity index (χ4v) is 5.34. The van der Waals surface area contributed by atoms with E-state index in [0.29, 0.717) is 12.3 Å². The van der Waals surface area contributed by atoms with Gasteiger partial charge in [-0.25, -0.2) is 4.39 Å². The van der Waals surface area contributed by atoms with Crippen LogP contribution in [0.2, 0.25) is 0 Å². The largest absolute Gasteiger partial charge is 0.242 e. The lowest BCUT2D eigenvalue weighted by atomic mass is 9.65. The van der Waals surface area contributed by atoms with E-state index in [1.807, 2.05) is 0 Å². The Hall–Kier alpha value is -2.67. The first-order chi connectivity index (χ1) is 12.8. The predicted octanol–water partition coefficient (Wildman–Crippen LogP) is 4.43. The van der Waals surface area contributed by atoms with Crippen molar-refractivity contribution in [1.29, 1.82) is 0 Å². The summed E-state index contributed by atoms with van der Waals surface area (Å²) in [6, 6.07) is 17.2. The lowest BCUT2D eigenvalue weighted by molar-refractivity contribution is 0.387. The number of hydrogen-bond acceptors (Lipinski definition) is 0. The molecular formula is C25H19F. The molecule has 0 aromatic heterocycles. The molecule has 0 saturated heterocycles. The van der Waals surface area contributed by atoms with E-state index in [2.05, 4.69) is 72.8 Å². The van der Waals surface area contributed by atoms with Gasteiger partial charge in [0.1, 0.15) is 6.17 Å². The normalized spacial score (nSPS) is 27.7. The van der Waals surface area contributed by atoms with Crippen LogP contribution >= 0.6 is 0 Å². The smallest absolute Gasteiger partial charge is 0.126 e. The van der Waals surface area contributed by atoms with Crippen LogP contribution in [0.1, 0.15) is 29.9 Å². The molecule has 1 heteroatoms. The van der Waals surface area contributed by atoms with Crippen LogP contribution in [0.3, 0.4) is 0 Å². The van der Waals surface area contributed by atoms with Gasteiger partial charge in [-0.2, -0.15) is 0 Å². The first kappa shape index (κ1) is 14.5. The molecule has 0 N–H and O–H groups in total. The van der Waals surface area contributed by atoms with Crippen molar-refractivity contribution in [1.82, 2.24) is 0 Å². The quantitative estimate of drug-likeness (QED) is 0.667. The number of rotatable bonds is 0. The van der Waals surface area contributed by atoms with Crippen molar-refractivity contribution in [2.75, 3.05) is 0 Å². The van der Waals surface area contributed by atoms with Gasteiger partial charge in [0.25, 0.3) is 0 Å². The molecule has 0 bridgehead atoms. The maximum atomic E-state index is 14.9. The van der Waals surface area contributed by atoms with Gasteiger partial charge in [0.05, 0.1) is 0 Å². The fourth-order valence-electron chi connectivity index (χ4n) is 5.34. The first-order valence-corrected chi connectivity index (χ1v) is 9.48. The van der Waals surface area contributed by atoms with E-state index in [4.69, 9.17) is 0 Å². The SMILES string of the molecule is FC1CCC2=C3C=Cc4ccccc4C3C3C=c4ccccc4=CC3=C21. The van der Waals surface area contributed by atoms with Crippen molar-refractivity contribution in [2.24, 2.45) is 5.92 Å².